The van der Waals surface area contributed by atoms with E-state index < -0.39 is 17.7 Å². The van der Waals surface area contributed by atoms with Gasteiger partial charge in [-0.05, 0) is 65.9 Å². The highest BCUT2D eigenvalue weighted by molar-refractivity contribution is 14.1. The number of carboxylic acid groups (broad SMARTS) is 1. The van der Waals surface area contributed by atoms with Gasteiger partial charge in [0, 0.05) is 20.3 Å². The third-order valence-corrected chi connectivity index (χ3v) is 4.42. The van der Waals surface area contributed by atoms with Gasteiger partial charge in [0.2, 0.25) is 0 Å². The molecule has 0 amide bonds. The molecule has 0 aliphatic heterocycles. The Bertz CT molecular complexity index is 1020. The summed E-state index contributed by atoms with van der Waals surface area (Å²) in [6.07, 6.45) is -4.46. The quantitative estimate of drug-likeness (QED) is 0.487. The maximum atomic E-state index is 12.9. The summed E-state index contributed by atoms with van der Waals surface area (Å²) in [5.41, 5.74) is 0.835. The molecule has 4 nitrogen and oxygen atoms in total. The van der Waals surface area contributed by atoms with Crippen molar-refractivity contribution in [3.05, 3.63) is 62.9 Å². The van der Waals surface area contributed by atoms with Crippen molar-refractivity contribution in [1.82, 2.24) is 4.98 Å². The number of rotatable bonds is 3. The van der Waals surface area contributed by atoms with Gasteiger partial charge in [0.15, 0.2) is 0 Å². The van der Waals surface area contributed by atoms with Crippen LogP contribution in [0.3, 0.4) is 0 Å². The highest BCUT2D eigenvalue weighted by Crippen LogP contribution is 2.34. The Balaban J connectivity index is 2.13. The molecule has 0 radical (unpaired) electrons. The molecular weight excluding hydrogens is 460 g/mol. The van der Waals surface area contributed by atoms with Crippen molar-refractivity contribution in [2.75, 3.05) is 5.32 Å². The number of hydrogen-bond acceptors (Lipinski definition) is 3. The van der Waals surface area contributed by atoms with E-state index in [-0.39, 0.29) is 11.1 Å². The van der Waals surface area contributed by atoms with Crippen molar-refractivity contribution >= 4 is 50.8 Å². The van der Waals surface area contributed by atoms with E-state index in [1.807, 2.05) is 22.6 Å². The van der Waals surface area contributed by atoms with Gasteiger partial charge < -0.3 is 10.4 Å². The number of aromatic carboxylic acids is 1. The summed E-state index contributed by atoms with van der Waals surface area (Å²) in [6.45, 7) is 1.66. The van der Waals surface area contributed by atoms with Crippen molar-refractivity contribution in [2.45, 2.75) is 13.1 Å². The Morgan fingerprint density at radius 3 is 2.50 bits per heavy atom. The van der Waals surface area contributed by atoms with E-state index in [0.717, 1.165) is 15.7 Å². The minimum Gasteiger partial charge on any atom is -0.478 e. The maximum Gasteiger partial charge on any atom is 0.416 e. The van der Waals surface area contributed by atoms with E-state index in [4.69, 9.17) is 0 Å². The first-order valence-corrected chi connectivity index (χ1v) is 8.51. The van der Waals surface area contributed by atoms with Gasteiger partial charge in [-0.15, -0.1) is 0 Å². The molecule has 2 N–H and O–H groups in total. The van der Waals surface area contributed by atoms with Crippen LogP contribution in [0.5, 0.6) is 0 Å². The first-order valence-electron chi connectivity index (χ1n) is 7.43. The van der Waals surface area contributed by atoms with Crippen LogP contribution in [0.4, 0.5) is 24.5 Å². The topological polar surface area (TPSA) is 62.2 Å². The predicted molar refractivity (Wildman–Crippen MR) is 101 cm³/mol. The maximum absolute atomic E-state index is 12.9. The number of anilines is 2. The molecule has 3 aromatic rings. The number of halogens is 4. The van der Waals surface area contributed by atoms with Crippen LogP contribution in [0.2, 0.25) is 0 Å². The molecule has 0 saturated carbocycles. The van der Waals surface area contributed by atoms with E-state index >= 15 is 0 Å². The van der Waals surface area contributed by atoms with Gasteiger partial charge in [0.1, 0.15) is 0 Å². The second kappa shape index (κ2) is 6.75. The lowest BCUT2D eigenvalue weighted by atomic mass is 10.1. The number of hydrogen-bond donors (Lipinski definition) is 2. The molecule has 0 aliphatic rings. The predicted octanol–water partition coefficient (Wildman–Crippen LogP) is 5.61. The molecule has 0 saturated heterocycles. The fraction of sp³-hybridized carbons (Fsp3) is 0.111. The molecule has 0 spiro atoms. The average molecular weight is 472 g/mol. The third kappa shape index (κ3) is 3.74. The van der Waals surface area contributed by atoms with Crippen LogP contribution in [-0.2, 0) is 6.18 Å². The molecule has 1 aromatic heterocycles. The number of alkyl halides is 3. The molecule has 0 bridgehead atoms. The van der Waals surface area contributed by atoms with Crippen molar-refractivity contribution in [3.8, 4) is 0 Å². The molecule has 0 fully saturated rings. The Morgan fingerprint density at radius 1 is 1.12 bits per heavy atom. The minimum atomic E-state index is -4.46. The van der Waals surface area contributed by atoms with Crippen molar-refractivity contribution in [1.29, 1.82) is 0 Å². The lowest BCUT2D eigenvalue weighted by molar-refractivity contribution is -0.137. The minimum absolute atomic E-state index is 0.0754. The van der Waals surface area contributed by atoms with Crippen LogP contribution in [0.1, 0.15) is 21.6 Å². The molecule has 2 aromatic carbocycles. The summed E-state index contributed by atoms with van der Waals surface area (Å²) in [4.78, 5) is 15.6. The first-order chi connectivity index (χ1) is 12.1. The van der Waals surface area contributed by atoms with Gasteiger partial charge in [-0.2, -0.15) is 13.2 Å². The van der Waals surface area contributed by atoms with E-state index in [1.54, 1.807) is 25.1 Å². The standard InChI is InChI=1S/C18H12F3IN2O2/c1-9-6-15(24-14-5-3-11(22)8-13(14)17(25)26)12-4-2-10(18(19,20)21)7-16(12)23-9/h2-8H,1H3,(H,23,24)(H,25,26). The summed E-state index contributed by atoms with van der Waals surface area (Å²) >= 11 is 2.01. The van der Waals surface area contributed by atoms with E-state index in [0.29, 0.717) is 22.5 Å². The average Bonchev–Trinajstić information content (AvgIpc) is 2.54. The summed E-state index contributed by atoms with van der Waals surface area (Å²) in [7, 11) is 0. The summed E-state index contributed by atoms with van der Waals surface area (Å²) < 4.78 is 39.6. The Labute approximate surface area is 160 Å². The zero-order valence-corrected chi connectivity index (χ0v) is 15.5. The molecule has 0 atom stereocenters. The molecule has 3 rings (SSSR count). The first kappa shape index (κ1) is 18.4. The van der Waals surface area contributed by atoms with Gasteiger partial charge in [-0.1, -0.05) is 6.07 Å². The van der Waals surface area contributed by atoms with Crippen LogP contribution in [0.15, 0.2) is 42.5 Å². The summed E-state index contributed by atoms with van der Waals surface area (Å²) in [5, 5.41) is 12.9. The molecule has 0 unspecified atom stereocenters. The highest BCUT2D eigenvalue weighted by atomic mass is 127. The third-order valence-electron chi connectivity index (χ3n) is 3.75. The summed E-state index contributed by atoms with van der Waals surface area (Å²) in [5.74, 6) is -1.10. The molecular formula is C18H12F3IN2O2. The molecule has 0 aliphatic carbocycles. The van der Waals surface area contributed by atoms with Gasteiger partial charge in [-0.25, -0.2) is 4.79 Å². The smallest absolute Gasteiger partial charge is 0.416 e. The number of fused-ring (bicyclic) bond motifs is 1. The fourth-order valence-electron chi connectivity index (χ4n) is 2.59. The second-order valence-corrected chi connectivity index (χ2v) is 6.91. The van der Waals surface area contributed by atoms with Crippen LogP contribution in [0, 0.1) is 10.5 Å². The number of nitrogens with one attached hydrogen (secondary N) is 1. The number of aromatic nitrogens is 1. The van der Waals surface area contributed by atoms with Crippen LogP contribution in [-0.4, -0.2) is 16.1 Å². The van der Waals surface area contributed by atoms with Crippen LogP contribution in [0.25, 0.3) is 10.9 Å². The number of carbonyl (C=O) groups is 1. The number of aryl methyl sites for hydroxylation is 1. The van der Waals surface area contributed by atoms with Gasteiger partial charge in [0.05, 0.1) is 22.3 Å². The lowest BCUT2D eigenvalue weighted by Gasteiger charge is -2.14. The normalized spacial score (nSPS) is 11.6. The monoisotopic (exact) mass is 472 g/mol. The van der Waals surface area contributed by atoms with Gasteiger partial charge in [-0.3, -0.25) is 4.98 Å². The number of benzene rings is 2. The van der Waals surface area contributed by atoms with Crippen molar-refractivity contribution < 1.29 is 23.1 Å². The molecule has 1 heterocycles. The number of nitrogens with zero attached hydrogens (tertiary/aromatic N) is 1. The lowest BCUT2D eigenvalue weighted by Crippen LogP contribution is -2.06. The number of pyridine rings is 1. The van der Waals surface area contributed by atoms with Crippen LogP contribution >= 0.6 is 22.6 Å². The SMILES string of the molecule is Cc1cc(Nc2ccc(I)cc2C(=O)O)c2ccc(C(F)(F)F)cc2n1. The van der Waals surface area contributed by atoms with Gasteiger partial charge >= 0.3 is 12.1 Å². The van der Waals surface area contributed by atoms with Crippen molar-refractivity contribution in [3.63, 3.8) is 0 Å². The number of carboxylic acids is 1. The zero-order chi connectivity index (χ0) is 19.1. The van der Waals surface area contributed by atoms with Gasteiger partial charge in [0.25, 0.3) is 0 Å². The fourth-order valence-corrected chi connectivity index (χ4v) is 3.08. The largest absolute Gasteiger partial charge is 0.478 e. The van der Waals surface area contributed by atoms with E-state index in [2.05, 4.69) is 10.3 Å². The molecule has 8 heteroatoms. The Hall–Kier alpha value is -2.36. The van der Waals surface area contributed by atoms with E-state index in [9.17, 15) is 23.1 Å². The zero-order valence-electron chi connectivity index (χ0n) is 13.4. The Morgan fingerprint density at radius 2 is 1.85 bits per heavy atom. The molecule has 26 heavy (non-hydrogen) atoms. The Kier molecular flexibility index (Phi) is 4.78. The van der Waals surface area contributed by atoms with Crippen LogP contribution < -0.4 is 5.32 Å². The second-order valence-electron chi connectivity index (χ2n) is 5.66. The van der Waals surface area contributed by atoms with E-state index in [1.165, 1.54) is 12.1 Å². The highest BCUT2D eigenvalue weighted by Gasteiger charge is 2.30. The summed E-state index contributed by atoms with van der Waals surface area (Å²) in [6, 6.07) is 9.85. The van der Waals surface area contributed by atoms with Crippen molar-refractivity contribution in [2.24, 2.45) is 0 Å². The molecule has 134 valence electrons.